The van der Waals surface area contributed by atoms with Crippen LogP contribution in [0.1, 0.15) is 42.4 Å². The van der Waals surface area contributed by atoms with Gasteiger partial charge >= 0.3 is 6.03 Å². The van der Waals surface area contributed by atoms with Crippen molar-refractivity contribution in [2.45, 2.75) is 37.1 Å². The Morgan fingerprint density at radius 3 is 2.62 bits per heavy atom. The number of nitrogens with one attached hydrogen (secondary N) is 1. The molecule has 4 rings (SSSR count). The molecule has 1 N–H and O–H groups in total. The molecule has 0 unspecified atom stereocenters. The second-order valence-corrected chi connectivity index (χ2v) is 6.89. The van der Waals surface area contributed by atoms with E-state index in [9.17, 15) is 4.79 Å². The predicted octanol–water partition coefficient (Wildman–Crippen LogP) is 2.26. The molecule has 1 aliphatic carbocycles. The highest BCUT2D eigenvalue weighted by Gasteiger charge is 2.40. The summed E-state index contributed by atoms with van der Waals surface area (Å²) in [6.07, 6.45) is 4.94. The van der Waals surface area contributed by atoms with Crippen molar-refractivity contribution in [1.82, 2.24) is 25.2 Å². The lowest BCUT2D eigenvalue weighted by atomic mass is 9.94. The van der Waals surface area contributed by atoms with E-state index in [0.29, 0.717) is 11.8 Å². The molecule has 0 spiro atoms. The van der Waals surface area contributed by atoms with Gasteiger partial charge in [0.05, 0.1) is 5.69 Å². The molecule has 1 saturated carbocycles. The van der Waals surface area contributed by atoms with Crippen molar-refractivity contribution in [2.75, 3.05) is 13.1 Å². The van der Waals surface area contributed by atoms with Crippen LogP contribution in [0.4, 0.5) is 4.79 Å². The molecule has 2 amide bonds. The van der Waals surface area contributed by atoms with Gasteiger partial charge in [-0.05, 0) is 24.8 Å². The van der Waals surface area contributed by atoms with E-state index in [4.69, 9.17) is 0 Å². The Hall–Kier alpha value is -2.37. The molecule has 2 fully saturated rings. The summed E-state index contributed by atoms with van der Waals surface area (Å²) in [7, 11) is 1.89. The van der Waals surface area contributed by atoms with Gasteiger partial charge in [-0.1, -0.05) is 35.5 Å². The highest BCUT2D eigenvalue weighted by atomic mass is 16.2. The van der Waals surface area contributed by atoms with Crippen LogP contribution in [0, 0.1) is 0 Å². The lowest BCUT2D eigenvalue weighted by Crippen LogP contribution is -2.45. The fourth-order valence-corrected chi connectivity index (χ4v) is 3.60. The van der Waals surface area contributed by atoms with E-state index in [2.05, 4.69) is 39.9 Å². The minimum atomic E-state index is 0.0797. The molecule has 0 bridgehead atoms. The number of nitrogens with zero attached hydrogens (tertiary/aromatic N) is 4. The van der Waals surface area contributed by atoms with Gasteiger partial charge in [0.1, 0.15) is 0 Å². The number of benzene rings is 1. The number of hydrogen-bond donors (Lipinski definition) is 1. The third-order valence-electron chi connectivity index (χ3n) is 5.15. The van der Waals surface area contributed by atoms with Crippen molar-refractivity contribution in [3.05, 3.63) is 47.8 Å². The molecule has 0 radical (unpaired) electrons. The Labute approximate surface area is 141 Å². The summed E-state index contributed by atoms with van der Waals surface area (Å²) in [4.78, 5) is 14.4. The van der Waals surface area contributed by atoms with Crippen molar-refractivity contribution in [1.29, 1.82) is 0 Å². The number of rotatable bonds is 3. The zero-order valence-corrected chi connectivity index (χ0v) is 13.9. The quantitative estimate of drug-likeness (QED) is 0.941. The van der Waals surface area contributed by atoms with Gasteiger partial charge in [0.2, 0.25) is 0 Å². The first kappa shape index (κ1) is 15.2. The van der Waals surface area contributed by atoms with E-state index in [1.807, 2.05) is 24.2 Å². The van der Waals surface area contributed by atoms with Gasteiger partial charge in [0, 0.05) is 44.2 Å². The van der Waals surface area contributed by atoms with E-state index in [1.54, 1.807) is 4.68 Å². The molecule has 24 heavy (non-hydrogen) atoms. The average Bonchev–Trinajstić information content (AvgIpc) is 3.25. The molecule has 6 heteroatoms. The first-order valence-electron chi connectivity index (χ1n) is 8.67. The van der Waals surface area contributed by atoms with Crippen LogP contribution in [0.15, 0.2) is 36.5 Å². The number of hydrogen-bond acceptors (Lipinski definition) is 3. The molecule has 1 saturated heterocycles. The van der Waals surface area contributed by atoms with Crippen LogP contribution in [-0.2, 0) is 7.05 Å². The van der Waals surface area contributed by atoms with Crippen molar-refractivity contribution in [3.8, 4) is 0 Å². The lowest BCUT2D eigenvalue weighted by molar-refractivity contribution is 0.180. The maximum atomic E-state index is 12.5. The SMILES string of the molecule is Cn1cc(C2CCN(C(=O)N[C@@H]3C[C@H]3c3ccccc3)CC2)nn1. The monoisotopic (exact) mass is 325 g/mol. The predicted molar refractivity (Wildman–Crippen MR) is 90.7 cm³/mol. The van der Waals surface area contributed by atoms with Crippen molar-refractivity contribution >= 4 is 6.03 Å². The number of carbonyl (C=O) groups excluding carboxylic acids is 1. The van der Waals surface area contributed by atoms with E-state index in [1.165, 1.54) is 5.56 Å². The second kappa shape index (κ2) is 6.26. The molecule has 1 aromatic heterocycles. The smallest absolute Gasteiger partial charge is 0.317 e. The van der Waals surface area contributed by atoms with Crippen LogP contribution < -0.4 is 5.32 Å². The Morgan fingerprint density at radius 2 is 1.96 bits per heavy atom. The largest absolute Gasteiger partial charge is 0.335 e. The van der Waals surface area contributed by atoms with Crippen LogP contribution in [0.5, 0.6) is 0 Å². The van der Waals surface area contributed by atoms with Crippen LogP contribution >= 0.6 is 0 Å². The number of urea groups is 1. The number of aromatic nitrogens is 3. The average molecular weight is 325 g/mol. The molecular weight excluding hydrogens is 302 g/mol. The zero-order valence-electron chi connectivity index (χ0n) is 13.9. The number of piperidine rings is 1. The van der Waals surface area contributed by atoms with E-state index < -0.39 is 0 Å². The summed E-state index contributed by atoms with van der Waals surface area (Å²) < 4.78 is 1.74. The normalized spacial score (nSPS) is 24.0. The van der Waals surface area contributed by atoms with Crippen molar-refractivity contribution in [2.24, 2.45) is 7.05 Å². The first-order valence-corrected chi connectivity index (χ1v) is 8.67. The third-order valence-corrected chi connectivity index (χ3v) is 5.15. The van der Waals surface area contributed by atoms with Crippen LogP contribution in [-0.4, -0.2) is 45.1 Å². The summed E-state index contributed by atoms with van der Waals surface area (Å²) in [5.41, 5.74) is 2.37. The Balaban J connectivity index is 1.27. The van der Waals surface area contributed by atoms with Gasteiger partial charge in [-0.3, -0.25) is 4.68 Å². The molecule has 1 aliphatic heterocycles. The van der Waals surface area contributed by atoms with E-state index >= 15 is 0 Å². The number of carbonyl (C=O) groups is 1. The summed E-state index contributed by atoms with van der Waals surface area (Å²) in [6.45, 7) is 1.57. The minimum Gasteiger partial charge on any atom is -0.335 e. The summed E-state index contributed by atoms with van der Waals surface area (Å²) >= 11 is 0. The number of likely N-dealkylation sites (tertiary alicyclic amines) is 1. The van der Waals surface area contributed by atoms with Gasteiger partial charge in [-0.2, -0.15) is 0 Å². The number of aryl methyl sites for hydroxylation is 1. The third kappa shape index (κ3) is 3.13. The van der Waals surface area contributed by atoms with Gasteiger partial charge in [-0.15, -0.1) is 5.10 Å². The fourth-order valence-electron chi connectivity index (χ4n) is 3.60. The minimum absolute atomic E-state index is 0.0797. The lowest BCUT2D eigenvalue weighted by Gasteiger charge is -2.31. The summed E-state index contributed by atoms with van der Waals surface area (Å²) in [5.74, 6) is 0.896. The zero-order chi connectivity index (χ0) is 16.5. The molecule has 2 aliphatic rings. The molecule has 1 aromatic carbocycles. The maximum absolute atomic E-state index is 12.5. The van der Waals surface area contributed by atoms with Gasteiger partial charge in [0.15, 0.2) is 0 Å². The highest BCUT2D eigenvalue weighted by Crippen LogP contribution is 2.40. The highest BCUT2D eigenvalue weighted by molar-refractivity contribution is 5.75. The molecule has 2 aromatic rings. The summed E-state index contributed by atoms with van der Waals surface area (Å²) in [5, 5.41) is 11.4. The van der Waals surface area contributed by atoms with Crippen LogP contribution in [0.25, 0.3) is 0 Å². The second-order valence-electron chi connectivity index (χ2n) is 6.89. The summed E-state index contributed by atoms with van der Waals surface area (Å²) in [6, 6.07) is 10.8. The molecule has 6 nitrogen and oxygen atoms in total. The number of amides is 2. The molecule has 2 heterocycles. The van der Waals surface area contributed by atoms with E-state index in [-0.39, 0.29) is 12.1 Å². The fraction of sp³-hybridized carbons (Fsp3) is 0.500. The Morgan fingerprint density at radius 1 is 1.21 bits per heavy atom. The van der Waals surface area contributed by atoms with Crippen molar-refractivity contribution < 1.29 is 4.79 Å². The van der Waals surface area contributed by atoms with E-state index in [0.717, 1.165) is 38.0 Å². The molecular formula is C18H23N5O. The van der Waals surface area contributed by atoms with Crippen LogP contribution in [0.3, 0.4) is 0 Å². The molecule has 126 valence electrons. The van der Waals surface area contributed by atoms with Gasteiger partial charge in [0.25, 0.3) is 0 Å². The first-order chi connectivity index (χ1) is 11.7. The van der Waals surface area contributed by atoms with Gasteiger partial charge in [-0.25, -0.2) is 4.79 Å². The standard InChI is InChI=1S/C18H23N5O/c1-22-12-17(20-21-22)14-7-9-23(10-8-14)18(24)19-16-11-15(16)13-5-3-2-4-6-13/h2-6,12,14-16H,7-11H2,1H3,(H,19,24)/t15-,16+/m0/s1. The Bertz CT molecular complexity index is 705. The Kier molecular flexibility index (Phi) is 3.96. The topological polar surface area (TPSA) is 63.1 Å². The van der Waals surface area contributed by atoms with Gasteiger partial charge < -0.3 is 10.2 Å². The maximum Gasteiger partial charge on any atom is 0.317 e. The molecule has 2 atom stereocenters. The van der Waals surface area contributed by atoms with Crippen molar-refractivity contribution in [3.63, 3.8) is 0 Å². The van der Waals surface area contributed by atoms with Crippen LogP contribution in [0.2, 0.25) is 0 Å².